The molecule has 1 aromatic carbocycles. The number of aromatic nitrogens is 3. The third-order valence-corrected chi connectivity index (χ3v) is 6.26. The van der Waals surface area contributed by atoms with E-state index in [1.54, 1.807) is 11.8 Å². The summed E-state index contributed by atoms with van der Waals surface area (Å²) in [6.45, 7) is 3.28. The Hall–Kier alpha value is -2.25. The number of carbonyl (C=O) groups is 1. The lowest BCUT2D eigenvalue weighted by Gasteiger charge is -2.33. The summed E-state index contributed by atoms with van der Waals surface area (Å²) in [5.74, 6) is -0.167. The van der Waals surface area contributed by atoms with E-state index in [1.807, 2.05) is 48.0 Å². The van der Waals surface area contributed by atoms with Crippen molar-refractivity contribution >= 4 is 40.8 Å². The molecule has 0 aliphatic carbocycles. The minimum absolute atomic E-state index is 0.363. The molecule has 6 nitrogen and oxygen atoms in total. The zero-order valence-electron chi connectivity index (χ0n) is 15.7. The molecule has 0 saturated carbocycles. The van der Waals surface area contributed by atoms with Crippen LogP contribution in [0, 0.1) is 12.8 Å². The van der Waals surface area contributed by atoms with Gasteiger partial charge in [-0.2, -0.15) is 9.61 Å². The molecule has 1 fully saturated rings. The van der Waals surface area contributed by atoms with Crippen LogP contribution in [0.1, 0.15) is 18.5 Å². The number of benzene rings is 1. The van der Waals surface area contributed by atoms with E-state index >= 15 is 0 Å². The Morgan fingerprint density at radius 3 is 2.75 bits per heavy atom. The van der Waals surface area contributed by atoms with Gasteiger partial charge in [-0.3, -0.25) is 4.79 Å². The molecule has 1 saturated heterocycles. The SMILES string of the molecule is CSc1c(C)nc2cc(-c3ccc(Cl)cc3)nn2c1N1CCC[C@H](C(=O)O)C1. The molecular weight excluding hydrogens is 396 g/mol. The molecule has 4 rings (SSSR count). The van der Waals surface area contributed by atoms with Crippen LogP contribution in [-0.2, 0) is 4.79 Å². The van der Waals surface area contributed by atoms with Crippen LogP contribution in [0.3, 0.4) is 0 Å². The zero-order valence-corrected chi connectivity index (χ0v) is 17.3. The number of nitrogens with zero attached hydrogens (tertiary/aromatic N) is 4. The number of thioether (sulfide) groups is 1. The number of piperidine rings is 1. The van der Waals surface area contributed by atoms with Crippen LogP contribution in [0.2, 0.25) is 5.02 Å². The largest absolute Gasteiger partial charge is 0.481 e. The van der Waals surface area contributed by atoms with Crippen molar-refractivity contribution in [1.29, 1.82) is 0 Å². The number of carboxylic acid groups (broad SMARTS) is 1. The summed E-state index contributed by atoms with van der Waals surface area (Å²) in [4.78, 5) is 19.5. The minimum Gasteiger partial charge on any atom is -0.481 e. The molecule has 3 heterocycles. The van der Waals surface area contributed by atoms with Gasteiger partial charge in [-0.15, -0.1) is 11.8 Å². The van der Waals surface area contributed by atoms with Gasteiger partial charge in [0, 0.05) is 29.7 Å². The van der Waals surface area contributed by atoms with E-state index < -0.39 is 5.97 Å². The van der Waals surface area contributed by atoms with E-state index in [4.69, 9.17) is 21.7 Å². The molecule has 28 heavy (non-hydrogen) atoms. The second kappa shape index (κ2) is 7.64. The Balaban J connectivity index is 1.85. The molecule has 8 heteroatoms. The quantitative estimate of drug-likeness (QED) is 0.636. The summed E-state index contributed by atoms with van der Waals surface area (Å²) in [5, 5.41) is 15.0. The lowest BCUT2D eigenvalue weighted by atomic mass is 9.98. The Morgan fingerprint density at radius 1 is 1.32 bits per heavy atom. The summed E-state index contributed by atoms with van der Waals surface area (Å²) in [7, 11) is 0. The third-order valence-electron chi connectivity index (χ3n) is 5.12. The lowest BCUT2D eigenvalue weighted by Crippen LogP contribution is -2.40. The zero-order chi connectivity index (χ0) is 19.8. The van der Waals surface area contributed by atoms with Crippen LogP contribution in [0.4, 0.5) is 5.82 Å². The molecule has 1 atom stereocenters. The number of halogens is 1. The number of anilines is 1. The van der Waals surface area contributed by atoms with E-state index in [2.05, 4.69) is 4.90 Å². The molecule has 0 bridgehead atoms. The summed E-state index contributed by atoms with van der Waals surface area (Å²) in [6, 6.07) is 9.52. The first-order valence-corrected chi connectivity index (χ1v) is 10.8. The van der Waals surface area contributed by atoms with E-state index in [0.29, 0.717) is 18.0 Å². The van der Waals surface area contributed by atoms with E-state index in [-0.39, 0.29) is 5.92 Å². The van der Waals surface area contributed by atoms with Crippen LogP contribution >= 0.6 is 23.4 Å². The number of aryl methyl sites for hydroxylation is 1. The molecule has 2 aromatic heterocycles. The number of carboxylic acids is 1. The Morgan fingerprint density at radius 2 is 2.07 bits per heavy atom. The maximum Gasteiger partial charge on any atom is 0.308 e. The Labute approximate surface area is 172 Å². The van der Waals surface area contributed by atoms with Crippen LogP contribution in [0.15, 0.2) is 35.2 Å². The van der Waals surface area contributed by atoms with Gasteiger partial charge in [0.2, 0.25) is 0 Å². The fraction of sp³-hybridized carbons (Fsp3) is 0.350. The number of fused-ring (bicyclic) bond motifs is 1. The highest BCUT2D eigenvalue weighted by molar-refractivity contribution is 7.98. The van der Waals surface area contributed by atoms with Gasteiger partial charge in [-0.05, 0) is 38.2 Å². The molecule has 1 aliphatic rings. The number of hydrogen-bond acceptors (Lipinski definition) is 5. The fourth-order valence-electron chi connectivity index (χ4n) is 3.74. The van der Waals surface area contributed by atoms with Crippen LogP contribution in [0.5, 0.6) is 0 Å². The highest BCUT2D eigenvalue weighted by Gasteiger charge is 2.29. The van der Waals surface area contributed by atoms with Crippen LogP contribution in [-0.4, -0.2) is 45.0 Å². The van der Waals surface area contributed by atoms with Gasteiger partial charge in [0.1, 0.15) is 5.82 Å². The second-order valence-corrected chi connectivity index (χ2v) is 8.24. The van der Waals surface area contributed by atoms with Crippen molar-refractivity contribution in [3.05, 3.63) is 41.0 Å². The molecule has 0 unspecified atom stereocenters. The summed E-state index contributed by atoms with van der Waals surface area (Å²) in [6.07, 6.45) is 3.57. The van der Waals surface area contributed by atoms with Crippen molar-refractivity contribution in [3.63, 3.8) is 0 Å². The van der Waals surface area contributed by atoms with Crippen LogP contribution < -0.4 is 4.90 Å². The van der Waals surface area contributed by atoms with Crippen molar-refractivity contribution in [3.8, 4) is 11.3 Å². The molecule has 3 aromatic rings. The van der Waals surface area contributed by atoms with Gasteiger partial charge in [-0.25, -0.2) is 4.98 Å². The van der Waals surface area contributed by atoms with Gasteiger partial charge in [-0.1, -0.05) is 23.7 Å². The van der Waals surface area contributed by atoms with E-state index in [0.717, 1.165) is 46.3 Å². The Bertz CT molecular complexity index is 1030. The first-order valence-electron chi connectivity index (χ1n) is 9.16. The van der Waals surface area contributed by atoms with Crippen molar-refractivity contribution in [2.24, 2.45) is 5.92 Å². The number of aliphatic carboxylic acids is 1. The monoisotopic (exact) mass is 416 g/mol. The minimum atomic E-state index is -0.736. The highest BCUT2D eigenvalue weighted by atomic mass is 35.5. The molecule has 1 N–H and O–H groups in total. The Kier molecular flexibility index (Phi) is 5.21. The number of rotatable bonds is 4. The fourth-order valence-corrected chi connectivity index (χ4v) is 4.60. The second-order valence-electron chi connectivity index (χ2n) is 6.98. The number of hydrogen-bond donors (Lipinski definition) is 1. The van der Waals surface area contributed by atoms with Crippen LogP contribution in [0.25, 0.3) is 16.9 Å². The van der Waals surface area contributed by atoms with Gasteiger partial charge in [0.25, 0.3) is 0 Å². The normalized spacial score (nSPS) is 17.2. The average Bonchev–Trinajstić information content (AvgIpc) is 3.10. The predicted octanol–water partition coefficient (Wildman–Crippen LogP) is 4.38. The van der Waals surface area contributed by atoms with Crippen molar-refractivity contribution < 1.29 is 9.90 Å². The first kappa shape index (κ1) is 19.1. The molecular formula is C20H21ClN4O2S. The summed E-state index contributed by atoms with van der Waals surface area (Å²) in [5.41, 5.74) is 3.46. The highest BCUT2D eigenvalue weighted by Crippen LogP contribution is 2.35. The van der Waals surface area contributed by atoms with Gasteiger partial charge >= 0.3 is 5.97 Å². The first-order chi connectivity index (χ1) is 13.5. The smallest absolute Gasteiger partial charge is 0.308 e. The molecule has 0 amide bonds. The molecule has 0 radical (unpaired) electrons. The standard InChI is InChI=1S/C20H21ClN4O2S/c1-12-18(28-2)19(24-9-3-4-14(11-24)20(26)27)25-17(22-12)10-16(23-25)13-5-7-15(21)8-6-13/h5-8,10,14H,3-4,9,11H2,1-2H3,(H,26,27)/t14-/m0/s1. The third kappa shape index (κ3) is 3.44. The van der Waals surface area contributed by atoms with E-state index in [9.17, 15) is 9.90 Å². The van der Waals surface area contributed by atoms with Crippen molar-refractivity contribution in [2.75, 3.05) is 24.2 Å². The van der Waals surface area contributed by atoms with Crippen molar-refractivity contribution in [2.45, 2.75) is 24.7 Å². The van der Waals surface area contributed by atoms with Crippen molar-refractivity contribution in [1.82, 2.24) is 14.6 Å². The molecule has 1 aliphatic heterocycles. The van der Waals surface area contributed by atoms with Gasteiger partial charge in [0.15, 0.2) is 5.65 Å². The predicted molar refractivity (Wildman–Crippen MR) is 113 cm³/mol. The van der Waals surface area contributed by atoms with E-state index in [1.165, 1.54) is 0 Å². The topological polar surface area (TPSA) is 70.7 Å². The molecule has 146 valence electrons. The van der Waals surface area contributed by atoms with Gasteiger partial charge < -0.3 is 10.0 Å². The maximum atomic E-state index is 11.6. The summed E-state index contributed by atoms with van der Waals surface area (Å²) >= 11 is 7.63. The average molecular weight is 417 g/mol. The lowest BCUT2D eigenvalue weighted by molar-refractivity contribution is -0.141. The molecule has 0 spiro atoms. The summed E-state index contributed by atoms with van der Waals surface area (Å²) < 4.78 is 1.85. The maximum absolute atomic E-state index is 11.6. The van der Waals surface area contributed by atoms with Gasteiger partial charge in [0.05, 0.1) is 22.2 Å².